The lowest BCUT2D eigenvalue weighted by Gasteiger charge is -2.15. The Morgan fingerprint density at radius 2 is 2.22 bits per heavy atom. The van der Waals surface area contributed by atoms with Gasteiger partial charge >= 0.3 is 0 Å². The van der Waals surface area contributed by atoms with Gasteiger partial charge in [0.15, 0.2) is 0 Å². The van der Waals surface area contributed by atoms with Crippen LogP contribution in [0.25, 0.3) is 0 Å². The molecule has 0 aromatic rings. The molecule has 2 nitrogen and oxygen atoms in total. The highest BCUT2D eigenvalue weighted by atomic mass is 35.5. The van der Waals surface area contributed by atoms with Crippen molar-refractivity contribution >= 4 is 23.2 Å². The molecule has 0 fully saturated rings. The Balaban J connectivity index is 3.15. The molecule has 0 rings (SSSR count). The fraction of sp³-hybridized carbons (Fsp3) is 1.00. The second-order valence-corrected chi connectivity index (χ2v) is 2.91. The normalized spacial score (nSPS) is 14.3. The minimum atomic E-state index is -0.279. The van der Waals surface area contributed by atoms with E-state index >= 15 is 0 Å². The number of nitrogens with two attached hydrogens (primary N) is 1. The van der Waals surface area contributed by atoms with E-state index < -0.39 is 0 Å². The summed E-state index contributed by atoms with van der Waals surface area (Å²) in [5, 5.41) is 0. The van der Waals surface area contributed by atoms with Gasteiger partial charge in [0.25, 0.3) is 0 Å². The van der Waals surface area contributed by atoms with Crippen molar-refractivity contribution in [2.75, 3.05) is 26.0 Å². The summed E-state index contributed by atoms with van der Waals surface area (Å²) in [4.78, 5) is 1.99. The second kappa shape index (κ2) is 5.30. The highest BCUT2D eigenvalue weighted by molar-refractivity contribution is 6.20. The molecule has 0 heterocycles. The average molecular weight is 171 g/mol. The standard InChI is InChI=1S/C5H12Cl2N2/c1-9(3-2-6)4-5(7)8/h5H,2-4,8H2,1H3. The van der Waals surface area contributed by atoms with Gasteiger partial charge in [0.2, 0.25) is 0 Å². The molecule has 0 aromatic heterocycles. The predicted molar refractivity (Wildman–Crippen MR) is 42.0 cm³/mol. The van der Waals surface area contributed by atoms with Crippen molar-refractivity contribution < 1.29 is 0 Å². The van der Waals surface area contributed by atoms with E-state index in [2.05, 4.69) is 0 Å². The number of halogens is 2. The smallest absolute Gasteiger partial charge is 0.0929 e. The van der Waals surface area contributed by atoms with Gasteiger partial charge in [-0.2, -0.15) is 0 Å². The molecule has 0 amide bonds. The first-order chi connectivity index (χ1) is 4.16. The van der Waals surface area contributed by atoms with E-state index in [-0.39, 0.29) is 5.50 Å². The molecule has 56 valence electrons. The average Bonchev–Trinajstić information content (AvgIpc) is 1.63. The maximum absolute atomic E-state index is 5.50. The molecular weight excluding hydrogens is 159 g/mol. The van der Waals surface area contributed by atoms with Crippen molar-refractivity contribution in [3.8, 4) is 0 Å². The van der Waals surface area contributed by atoms with Gasteiger partial charge in [0.1, 0.15) is 0 Å². The Labute approximate surface area is 65.9 Å². The third kappa shape index (κ3) is 6.38. The van der Waals surface area contributed by atoms with Crippen LogP contribution < -0.4 is 5.73 Å². The van der Waals surface area contributed by atoms with Crippen molar-refractivity contribution in [3.63, 3.8) is 0 Å². The fourth-order valence-electron chi connectivity index (χ4n) is 0.533. The molecule has 0 bridgehead atoms. The van der Waals surface area contributed by atoms with E-state index in [9.17, 15) is 0 Å². The van der Waals surface area contributed by atoms with Crippen LogP contribution >= 0.6 is 23.2 Å². The summed E-state index contributed by atoms with van der Waals surface area (Å²) in [5.74, 6) is 0.625. The van der Waals surface area contributed by atoms with Crippen molar-refractivity contribution in [1.29, 1.82) is 0 Å². The van der Waals surface area contributed by atoms with Crippen LogP contribution in [-0.2, 0) is 0 Å². The first-order valence-electron chi connectivity index (χ1n) is 2.81. The van der Waals surface area contributed by atoms with Crippen molar-refractivity contribution in [1.82, 2.24) is 4.90 Å². The highest BCUT2D eigenvalue weighted by Gasteiger charge is 2.00. The predicted octanol–water partition coefficient (Wildman–Crippen LogP) is 0.681. The molecule has 0 aliphatic rings. The Hall–Kier alpha value is 0.500. The summed E-state index contributed by atoms with van der Waals surface area (Å²) in [6.07, 6.45) is 0. The van der Waals surface area contributed by atoms with Gasteiger partial charge in [-0.15, -0.1) is 23.2 Å². The van der Waals surface area contributed by atoms with Crippen molar-refractivity contribution in [2.24, 2.45) is 5.73 Å². The van der Waals surface area contributed by atoms with Crippen LogP contribution in [-0.4, -0.2) is 36.4 Å². The third-order valence-electron chi connectivity index (χ3n) is 0.952. The Morgan fingerprint density at radius 3 is 2.56 bits per heavy atom. The minimum absolute atomic E-state index is 0.279. The molecule has 0 aromatic carbocycles. The molecule has 4 heteroatoms. The Morgan fingerprint density at radius 1 is 1.67 bits per heavy atom. The number of rotatable bonds is 4. The molecule has 1 atom stereocenters. The van der Waals surface area contributed by atoms with Crippen LogP contribution in [0.3, 0.4) is 0 Å². The molecule has 0 saturated heterocycles. The molecular formula is C5H12Cl2N2. The topological polar surface area (TPSA) is 29.3 Å². The van der Waals surface area contributed by atoms with Gasteiger partial charge in [-0.1, -0.05) is 0 Å². The van der Waals surface area contributed by atoms with Gasteiger partial charge in [-0.05, 0) is 7.05 Å². The summed E-state index contributed by atoms with van der Waals surface area (Å²) < 4.78 is 0. The summed E-state index contributed by atoms with van der Waals surface area (Å²) in [7, 11) is 1.94. The molecule has 0 spiro atoms. The number of hydrogen-bond donors (Lipinski definition) is 1. The maximum atomic E-state index is 5.50. The lowest BCUT2D eigenvalue weighted by atomic mass is 10.5. The van der Waals surface area contributed by atoms with Crippen LogP contribution in [0.4, 0.5) is 0 Å². The van der Waals surface area contributed by atoms with Gasteiger partial charge < -0.3 is 10.6 Å². The summed E-state index contributed by atoms with van der Waals surface area (Å²) >= 11 is 11.0. The Bertz CT molecular complexity index is 68.0. The lowest BCUT2D eigenvalue weighted by Crippen LogP contribution is -2.32. The van der Waals surface area contributed by atoms with E-state index in [4.69, 9.17) is 28.9 Å². The molecule has 0 saturated carbocycles. The van der Waals surface area contributed by atoms with Gasteiger partial charge in [0, 0.05) is 19.0 Å². The maximum Gasteiger partial charge on any atom is 0.0929 e. The summed E-state index contributed by atoms with van der Waals surface area (Å²) in [6, 6.07) is 0. The zero-order chi connectivity index (χ0) is 7.28. The molecule has 2 N–H and O–H groups in total. The number of alkyl halides is 2. The van der Waals surface area contributed by atoms with Crippen LogP contribution in [0, 0.1) is 0 Å². The SMILES string of the molecule is CN(CCCl)CC(N)Cl. The van der Waals surface area contributed by atoms with Crippen LogP contribution in [0.1, 0.15) is 0 Å². The quantitative estimate of drug-likeness (QED) is 0.497. The first kappa shape index (κ1) is 9.50. The van der Waals surface area contributed by atoms with Crippen LogP contribution in [0.2, 0.25) is 0 Å². The van der Waals surface area contributed by atoms with Crippen LogP contribution in [0.5, 0.6) is 0 Å². The van der Waals surface area contributed by atoms with E-state index in [1.165, 1.54) is 0 Å². The summed E-state index contributed by atoms with van der Waals surface area (Å²) in [6.45, 7) is 1.52. The second-order valence-electron chi connectivity index (χ2n) is 1.97. The zero-order valence-electron chi connectivity index (χ0n) is 5.48. The fourth-order valence-corrected chi connectivity index (χ4v) is 1.06. The summed E-state index contributed by atoms with van der Waals surface area (Å²) in [5.41, 5.74) is 5.02. The van der Waals surface area contributed by atoms with Gasteiger partial charge in [-0.3, -0.25) is 0 Å². The van der Waals surface area contributed by atoms with E-state index in [0.717, 1.165) is 6.54 Å². The van der Waals surface area contributed by atoms with Gasteiger partial charge in [0.05, 0.1) is 5.50 Å². The molecule has 0 aliphatic carbocycles. The number of nitrogens with zero attached hydrogens (tertiary/aromatic N) is 1. The van der Waals surface area contributed by atoms with E-state index in [0.29, 0.717) is 12.4 Å². The Kier molecular flexibility index (Phi) is 5.59. The zero-order valence-corrected chi connectivity index (χ0v) is 6.99. The molecule has 9 heavy (non-hydrogen) atoms. The molecule has 0 aliphatic heterocycles. The largest absolute Gasteiger partial charge is 0.314 e. The van der Waals surface area contributed by atoms with E-state index in [1.54, 1.807) is 0 Å². The monoisotopic (exact) mass is 170 g/mol. The van der Waals surface area contributed by atoms with Crippen molar-refractivity contribution in [2.45, 2.75) is 5.50 Å². The van der Waals surface area contributed by atoms with Crippen LogP contribution in [0.15, 0.2) is 0 Å². The number of hydrogen-bond acceptors (Lipinski definition) is 2. The molecule has 1 unspecified atom stereocenters. The first-order valence-corrected chi connectivity index (χ1v) is 3.78. The van der Waals surface area contributed by atoms with E-state index in [1.807, 2.05) is 11.9 Å². The third-order valence-corrected chi connectivity index (χ3v) is 1.26. The van der Waals surface area contributed by atoms with Gasteiger partial charge in [-0.25, -0.2) is 0 Å². The lowest BCUT2D eigenvalue weighted by molar-refractivity contribution is 0.355. The molecule has 0 radical (unpaired) electrons. The number of likely N-dealkylation sites (N-methyl/N-ethyl adjacent to an activating group) is 1. The van der Waals surface area contributed by atoms with Crippen molar-refractivity contribution in [3.05, 3.63) is 0 Å². The minimum Gasteiger partial charge on any atom is -0.314 e. The highest BCUT2D eigenvalue weighted by Crippen LogP contribution is 1.90.